The first-order valence-electron chi connectivity index (χ1n) is 8.15. The Morgan fingerprint density at radius 3 is 2.50 bits per heavy atom. The third-order valence-electron chi connectivity index (χ3n) is 4.17. The summed E-state index contributed by atoms with van der Waals surface area (Å²) >= 11 is 1.31. The second-order valence-corrected chi connectivity index (χ2v) is 6.98. The van der Waals surface area contributed by atoms with Crippen molar-refractivity contribution in [2.24, 2.45) is 0 Å². The number of amides is 2. The number of aryl methyl sites for hydroxylation is 1. The third kappa shape index (κ3) is 3.48. The Balaban J connectivity index is 1.85. The van der Waals surface area contributed by atoms with Gasteiger partial charge in [-0.2, -0.15) is 0 Å². The Bertz CT molecular complexity index is 736. The van der Waals surface area contributed by atoms with Gasteiger partial charge in [0.1, 0.15) is 4.88 Å². The molecule has 0 unspecified atom stereocenters. The highest BCUT2D eigenvalue weighted by Gasteiger charge is 2.26. The van der Waals surface area contributed by atoms with Gasteiger partial charge in [0.25, 0.3) is 5.91 Å². The van der Waals surface area contributed by atoms with Crippen LogP contribution in [0.3, 0.4) is 0 Å². The first-order valence-corrected chi connectivity index (χ1v) is 8.96. The smallest absolute Gasteiger partial charge is 0.265 e. The van der Waals surface area contributed by atoms with E-state index >= 15 is 0 Å². The van der Waals surface area contributed by atoms with Crippen LogP contribution in [0.2, 0.25) is 0 Å². The number of likely N-dealkylation sites (tertiary alicyclic amines) is 1. The van der Waals surface area contributed by atoms with Crippen molar-refractivity contribution in [2.75, 3.05) is 18.0 Å². The summed E-state index contributed by atoms with van der Waals surface area (Å²) in [6.45, 7) is 5.45. The molecule has 2 heterocycles. The highest BCUT2D eigenvalue weighted by atomic mass is 32.1. The number of benzene rings is 1. The molecule has 1 aromatic carbocycles. The normalized spacial score (nSPS) is 14.0. The van der Waals surface area contributed by atoms with Crippen molar-refractivity contribution in [3.63, 3.8) is 0 Å². The van der Waals surface area contributed by atoms with Gasteiger partial charge in [0.05, 0.1) is 12.2 Å². The molecule has 1 fully saturated rings. The van der Waals surface area contributed by atoms with Gasteiger partial charge in [0.15, 0.2) is 5.13 Å². The zero-order chi connectivity index (χ0) is 17.1. The molecule has 0 atom stereocenters. The Kier molecular flexibility index (Phi) is 4.94. The van der Waals surface area contributed by atoms with Crippen LogP contribution < -0.4 is 4.90 Å². The zero-order valence-electron chi connectivity index (χ0n) is 14.0. The van der Waals surface area contributed by atoms with E-state index in [2.05, 4.69) is 4.98 Å². The Hall–Kier alpha value is -2.21. The molecule has 6 heteroatoms. The van der Waals surface area contributed by atoms with Crippen molar-refractivity contribution in [3.8, 4) is 0 Å². The number of rotatable bonds is 4. The second-order valence-electron chi connectivity index (χ2n) is 6.00. The van der Waals surface area contributed by atoms with Crippen molar-refractivity contribution in [1.82, 2.24) is 9.88 Å². The van der Waals surface area contributed by atoms with Crippen LogP contribution in [0.1, 0.15) is 40.7 Å². The SMILES string of the molecule is CC(=O)N(Cc1ccccc1)c1nc(C)c(C(=O)N2CCCC2)s1. The molecule has 5 nitrogen and oxygen atoms in total. The van der Waals surface area contributed by atoms with E-state index in [1.165, 1.54) is 18.3 Å². The van der Waals surface area contributed by atoms with Crippen molar-refractivity contribution >= 4 is 28.3 Å². The molecule has 0 spiro atoms. The molecule has 1 saturated heterocycles. The Morgan fingerprint density at radius 1 is 1.21 bits per heavy atom. The number of hydrogen-bond donors (Lipinski definition) is 0. The van der Waals surface area contributed by atoms with E-state index in [9.17, 15) is 9.59 Å². The number of aromatic nitrogens is 1. The summed E-state index contributed by atoms with van der Waals surface area (Å²) in [6.07, 6.45) is 2.12. The van der Waals surface area contributed by atoms with Crippen LogP contribution in [0, 0.1) is 6.92 Å². The van der Waals surface area contributed by atoms with E-state index in [1.807, 2.05) is 42.2 Å². The van der Waals surface area contributed by atoms with Gasteiger partial charge in [-0.05, 0) is 25.3 Å². The second kappa shape index (κ2) is 7.13. The standard InChI is InChI=1S/C18H21N3O2S/c1-13-16(17(23)20-10-6-7-11-20)24-18(19-13)21(14(2)22)12-15-8-4-3-5-9-15/h3-5,8-9H,6-7,10-12H2,1-2H3. The maximum atomic E-state index is 12.6. The molecule has 24 heavy (non-hydrogen) atoms. The molecule has 2 amide bonds. The highest BCUT2D eigenvalue weighted by molar-refractivity contribution is 7.17. The molecule has 126 valence electrons. The van der Waals surface area contributed by atoms with E-state index in [4.69, 9.17) is 0 Å². The van der Waals surface area contributed by atoms with E-state index in [1.54, 1.807) is 4.90 Å². The summed E-state index contributed by atoms with van der Waals surface area (Å²) in [5.74, 6) is -0.0373. The van der Waals surface area contributed by atoms with E-state index in [-0.39, 0.29) is 11.8 Å². The summed E-state index contributed by atoms with van der Waals surface area (Å²) in [4.78, 5) is 33.4. The van der Waals surface area contributed by atoms with Crippen LogP contribution in [-0.4, -0.2) is 34.8 Å². The molecule has 1 aromatic heterocycles. The molecule has 2 aromatic rings. The molecule has 0 N–H and O–H groups in total. The number of anilines is 1. The van der Waals surface area contributed by atoms with Gasteiger partial charge < -0.3 is 4.90 Å². The van der Waals surface area contributed by atoms with Crippen LogP contribution in [0.25, 0.3) is 0 Å². The lowest BCUT2D eigenvalue weighted by molar-refractivity contribution is -0.116. The van der Waals surface area contributed by atoms with Crippen LogP contribution in [-0.2, 0) is 11.3 Å². The summed E-state index contributed by atoms with van der Waals surface area (Å²) < 4.78 is 0. The number of hydrogen-bond acceptors (Lipinski definition) is 4. The maximum absolute atomic E-state index is 12.6. The van der Waals surface area contributed by atoms with Crippen LogP contribution in [0.5, 0.6) is 0 Å². The zero-order valence-corrected chi connectivity index (χ0v) is 14.8. The summed E-state index contributed by atoms with van der Waals surface area (Å²) in [5.41, 5.74) is 1.74. The molecule has 3 rings (SSSR count). The van der Waals surface area contributed by atoms with Crippen molar-refractivity contribution in [3.05, 3.63) is 46.5 Å². The number of carbonyl (C=O) groups is 2. The first kappa shape index (κ1) is 16.6. The van der Waals surface area contributed by atoms with Crippen LogP contribution >= 0.6 is 11.3 Å². The van der Waals surface area contributed by atoms with Gasteiger partial charge in [-0.15, -0.1) is 0 Å². The van der Waals surface area contributed by atoms with Gasteiger partial charge in [-0.25, -0.2) is 4.98 Å². The molecular weight excluding hydrogens is 322 g/mol. The van der Waals surface area contributed by atoms with E-state index < -0.39 is 0 Å². The summed E-state index contributed by atoms with van der Waals surface area (Å²) in [7, 11) is 0. The fraction of sp³-hybridized carbons (Fsp3) is 0.389. The molecule has 1 aliphatic rings. The Morgan fingerprint density at radius 2 is 1.88 bits per heavy atom. The molecular formula is C18H21N3O2S. The lowest BCUT2D eigenvalue weighted by Gasteiger charge is -2.18. The molecule has 0 bridgehead atoms. The molecule has 0 aliphatic carbocycles. The first-order chi connectivity index (χ1) is 11.6. The van der Waals surface area contributed by atoms with Gasteiger partial charge in [-0.3, -0.25) is 14.5 Å². The number of nitrogens with zero attached hydrogens (tertiary/aromatic N) is 3. The fourth-order valence-electron chi connectivity index (χ4n) is 2.84. The van der Waals surface area contributed by atoms with Gasteiger partial charge >= 0.3 is 0 Å². The minimum atomic E-state index is -0.0761. The van der Waals surface area contributed by atoms with Crippen LogP contribution in [0.15, 0.2) is 30.3 Å². The summed E-state index contributed by atoms with van der Waals surface area (Å²) in [6, 6.07) is 9.80. The molecule has 0 radical (unpaired) electrons. The van der Waals surface area contributed by atoms with Gasteiger partial charge in [-0.1, -0.05) is 41.7 Å². The van der Waals surface area contributed by atoms with E-state index in [0.717, 1.165) is 31.5 Å². The highest BCUT2D eigenvalue weighted by Crippen LogP contribution is 2.29. The minimum Gasteiger partial charge on any atom is -0.338 e. The van der Waals surface area contributed by atoms with E-state index in [0.29, 0.717) is 22.2 Å². The predicted octanol–water partition coefficient (Wildman–Crippen LogP) is 3.24. The van der Waals surface area contributed by atoms with Gasteiger partial charge in [0, 0.05) is 20.0 Å². The Labute approximate surface area is 145 Å². The average molecular weight is 343 g/mol. The number of thiazole rings is 1. The van der Waals surface area contributed by atoms with Crippen LogP contribution in [0.4, 0.5) is 5.13 Å². The van der Waals surface area contributed by atoms with Crippen molar-refractivity contribution in [2.45, 2.75) is 33.2 Å². The number of carbonyl (C=O) groups excluding carboxylic acids is 2. The minimum absolute atomic E-state index is 0.0389. The monoisotopic (exact) mass is 343 g/mol. The molecule has 0 saturated carbocycles. The van der Waals surface area contributed by atoms with Gasteiger partial charge in [0.2, 0.25) is 5.91 Å². The average Bonchev–Trinajstić information content (AvgIpc) is 3.22. The molecule has 1 aliphatic heterocycles. The third-order valence-corrected chi connectivity index (χ3v) is 5.34. The lowest BCUT2D eigenvalue weighted by Crippen LogP contribution is -2.28. The quantitative estimate of drug-likeness (QED) is 0.856. The lowest BCUT2D eigenvalue weighted by atomic mass is 10.2. The maximum Gasteiger partial charge on any atom is 0.265 e. The largest absolute Gasteiger partial charge is 0.338 e. The van der Waals surface area contributed by atoms with Crippen molar-refractivity contribution < 1.29 is 9.59 Å². The predicted molar refractivity (Wildman–Crippen MR) is 95.3 cm³/mol. The topological polar surface area (TPSA) is 53.5 Å². The fourth-order valence-corrected chi connectivity index (χ4v) is 3.92. The van der Waals surface area contributed by atoms with Crippen molar-refractivity contribution in [1.29, 1.82) is 0 Å². The summed E-state index contributed by atoms with van der Waals surface area (Å²) in [5, 5.41) is 0.589.